The van der Waals surface area contributed by atoms with Crippen molar-refractivity contribution in [2.75, 3.05) is 13.1 Å². The number of benzene rings is 1. The SMILES string of the molecule is CC1(O)CCN(S(=O)(=O)Cc2ccc(C(N)=S)cc2)CC1. The molecule has 0 amide bonds. The van der Waals surface area contributed by atoms with Crippen molar-refractivity contribution in [2.45, 2.75) is 31.1 Å². The van der Waals surface area contributed by atoms with Gasteiger partial charge in [-0.2, -0.15) is 0 Å². The largest absolute Gasteiger partial charge is 0.390 e. The van der Waals surface area contributed by atoms with E-state index in [0.717, 1.165) is 5.56 Å². The molecule has 5 nitrogen and oxygen atoms in total. The van der Waals surface area contributed by atoms with Crippen LogP contribution in [0.25, 0.3) is 0 Å². The van der Waals surface area contributed by atoms with Gasteiger partial charge in [-0.3, -0.25) is 0 Å². The minimum absolute atomic E-state index is 0.0489. The third-order valence-corrected chi connectivity index (χ3v) is 5.87. The number of piperidine rings is 1. The summed E-state index contributed by atoms with van der Waals surface area (Å²) < 4.78 is 26.2. The van der Waals surface area contributed by atoms with E-state index in [1.54, 1.807) is 31.2 Å². The second-order valence-electron chi connectivity index (χ2n) is 5.71. The van der Waals surface area contributed by atoms with Gasteiger partial charge in [0.2, 0.25) is 10.0 Å². The molecule has 21 heavy (non-hydrogen) atoms. The third kappa shape index (κ3) is 4.23. The number of nitrogens with two attached hydrogens (primary N) is 1. The van der Waals surface area contributed by atoms with E-state index in [4.69, 9.17) is 18.0 Å². The predicted molar refractivity (Wildman–Crippen MR) is 86.4 cm³/mol. The first-order valence-electron chi connectivity index (χ1n) is 6.79. The first kappa shape index (κ1) is 16.4. The van der Waals surface area contributed by atoms with E-state index >= 15 is 0 Å². The molecule has 1 aliphatic rings. The summed E-state index contributed by atoms with van der Waals surface area (Å²) in [6.07, 6.45) is 0.930. The van der Waals surface area contributed by atoms with E-state index in [-0.39, 0.29) is 5.75 Å². The van der Waals surface area contributed by atoms with Crippen molar-refractivity contribution in [3.63, 3.8) is 0 Å². The molecule has 7 heteroatoms. The lowest BCUT2D eigenvalue weighted by Crippen LogP contribution is -2.45. The highest BCUT2D eigenvalue weighted by molar-refractivity contribution is 7.88. The number of hydrogen-bond acceptors (Lipinski definition) is 4. The van der Waals surface area contributed by atoms with Gasteiger partial charge in [-0.1, -0.05) is 36.5 Å². The van der Waals surface area contributed by atoms with Crippen LogP contribution in [0.4, 0.5) is 0 Å². The van der Waals surface area contributed by atoms with Gasteiger partial charge in [0.15, 0.2) is 0 Å². The smallest absolute Gasteiger partial charge is 0.218 e. The molecular formula is C14H20N2O3S2. The van der Waals surface area contributed by atoms with Gasteiger partial charge in [-0.25, -0.2) is 12.7 Å². The molecule has 1 aliphatic heterocycles. The summed E-state index contributed by atoms with van der Waals surface area (Å²) in [7, 11) is -3.36. The topological polar surface area (TPSA) is 83.6 Å². The van der Waals surface area contributed by atoms with E-state index in [2.05, 4.69) is 0 Å². The maximum atomic E-state index is 12.4. The number of nitrogens with zero attached hydrogens (tertiary/aromatic N) is 1. The Balaban J connectivity index is 2.06. The summed E-state index contributed by atoms with van der Waals surface area (Å²) in [5, 5.41) is 9.88. The Hall–Kier alpha value is -1.02. The van der Waals surface area contributed by atoms with Crippen LogP contribution in [0.2, 0.25) is 0 Å². The fraction of sp³-hybridized carbons (Fsp3) is 0.500. The predicted octanol–water partition coefficient (Wildman–Crippen LogP) is 0.997. The number of thiocarbonyl (C=S) groups is 1. The minimum Gasteiger partial charge on any atom is -0.390 e. The highest BCUT2D eigenvalue weighted by Crippen LogP contribution is 2.24. The molecule has 2 rings (SSSR count). The Morgan fingerprint density at radius 1 is 1.33 bits per heavy atom. The fourth-order valence-corrected chi connectivity index (χ4v) is 3.98. The second-order valence-corrected chi connectivity index (χ2v) is 8.12. The van der Waals surface area contributed by atoms with Gasteiger partial charge in [0.1, 0.15) is 4.99 Å². The molecule has 1 fully saturated rings. The van der Waals surface area contributed by atoms with Crippen molar-refractivity contribution in [1.29, 1.82) is 0 Å². The molecule has 0 spiro atoms. The van der Waals surface area contributed by atoms with E-state index in [9.17, 15) is 13.5 Å². The van der Waals surface area contributed by atoms with Crippen LogP contribution in [-0.2, 0) is 15.8 Å². The molecule has 0 aromatic heterocycles. The van der Waals surface area contributed by atoms with Crippen LogP contribution in [-0.4, -0.2) is 41.5 Å². The molecule has 116 valence electrons. The molecule has 1 aromatic rings. The van der Waals surface area contributed by atoms with Crippen molar-refractivity contribution in [3.8, 4) is 0 Å². The number of sulfonamides is 1. The van der Waals surface area contributed by atoms with Crippen molar-refractivity contribution < 1.29 is 13.5 Å². The Bertz CT molecular complexity index is 614. The molecule has 1 aromatic carbocycles. The molecule has 0 aliphatic carbocycles. The van der Waals surface area contributed by atoms with Crippen LogP contribution in [0, 0.1) is 0 Å². The monoisotopic (exact) mass is 328 g/mol. The molecule has 0 unspecified atom stereocenters. The number of rotatable bonds is 4. The summed E-state index contributed by atoms with van der Waals surface area (Å²) in [5.74, 6) is -0.0489. The quantitative estimate of drug-likeness (QED) is 0.806. The first-order chi connectivity index (χ1) is 9.70. The zero-order valence-corrected chi connectivity index (χ0v) is 13.6. The standard InChI is InChI=1S/C14H20N2O3S2/c1-14(17)6-8-16(9-7-14)21(18,19)10-11-2-4-12(5-3-11)13(15)20/h2-5,17H,6-10H2,1H3,(H2,15,20). The van der Waals surface area contributed by atoms with E-state index in [1.807, 2.05) is 0 Å². The number of aliphatic hydroxyl groups is 1. The molecular weight excluding hydrogens is 308 g/mol. The Morgan fingerprint density at radius 2 is 1.86 bits per heavy atom. The van der Waals surface area contributed by atoms with Crippen LogP contribution >= 0.6 is 12.2 Å². The van der Waals surface area contributed by atoms with Gasteiger partial charge >= 0.3 is 0 Å². The molecule has 3 N–H and O–H groups in total. The molecule has 0 saturated carbocycles. The lowest BCUT2D eigenvalue weighted by Gasteiger charge is -2.35. The average molecular weight is 328 g/mol. The lowest BCUT2D eigenvalue weighted by atomic mass is 9.95. The van der Waals surface area contributed by atoms with Gasteiger partial charge in [-0.15, -0.1) is 0 Å². The minimum atomic E-state index is -3.36. The highest BCUT2D eigenvalue weighted by atomic mass is 32.2. The zero-order chi connectivity index (χ0) is 15.7. The molecule has 0 atom stereocenters. The van der Waals surface area contributed by atoms with Gasteiger partial charge in [0, 0.05) is 18.7 Å². The molecule has 0 radical (unpaired) electrons. The fourth-order valence-electron chi connectivity index (χ4n) is 2.31. The van der Waals surface area contributed by atoms with Gasteiger partial charge < -0.3 is 10.8 Å². The summed E-state index contributed by atoms with van der Waals surface area (Å²) in [6, 6.07) is 6.92. The van der Waals surface area contributed by atoms with E-state index in [1.165, 1.54) is 4.31 Å². The average Bonchev–Trinajstić information content (AvgIpc) is 2.38. The van der Waals surface area contributed by atoms with Crippen molar-refractivity contribution in [3.05, 3.63) is 35.4 Å². The first-order valence-corrected chi connectivity index (χ1v) is 8.80. The van der Waals surface area contributed by atoms with Gasteiger partial charge in [-0.05, 0) is 25.3 Å². The highest BCUT2D eigenvalue weighted by Gasteiger charge is 2.33. The van der Waals surface area contributed by atoms with Crippen LogP contribution in [0.1, 0.15) is 30.9 Å². The summed E-state index contributed by atoms with van der Waals surface area (Å²) in [6.45, 7) is 2.46. The van der Waals surface area contributed by atoms with Crippen molar-refractivity contribution >= 4 is 27.2 Å². The Morgan fingerprint density at radius 3 is 2.33 bits per heavy atom. The second kappa shape index (κ2) is 6.00. The van der Waals surface area contributed by atoms with Gasteiger partial charge in [0.05, 0.1) is 11.4 Å². The molecule has 1 heterocycles. The number of hydrogen-bond donors (Lipinski definition) is 2. The van der Waals surface area contributed by atoms with Crippen LogP contribution in [0.15, 0.2) is 24.3 Å². The van der Waals surface area contributed by atoms with E-state index < -0.39 is 15.6 Å². The van der Waals surface area contributed by atoms with E-state index in [0.29, 0.717) is 36.5 Å². The van der Waals surface area contributed by atoms with Crippen LogP contribution in [0.5, 0.6) is 0 Å². The van der Waals surface area contributed by atoms with Crippen LogP contribution < -0.4 is 5.73 Å². The lowest BCUT2D eigenvalue weighted by molar-refractivity contribution is 0.0126. The van der Waals surface area contributed by atoms with Crippen molar-refractivity contribution in [1.82, 2.24) is 4.31 Å². The summed E-state index contributed by atoms with van der Waals surface area (Å²) >= 11 is 4.87. The summed E-state index contributed by atoms with van der Waals surface area (Å²) in [5.41, 5.74) is 6.18. The van der Waals surface area contributed by atoms with Crippen LogP contribution in [0.3, 0.4) is 0 Å². The van der Waals surface area contributed by atoms with Crippen molar-refractivity contribution in [2.24, 2.45) is 5.73 Å². The van der Waals surface area contributed by atoms with Gasteiger partial charge in [0.25, 0.3) is 0 Å². The molecule has 0 bridgehead atoms. The molecule has 1 saturated heterocycles. The normalized spacial score (nSPS) is 19.3. The Kier molecular flexibility index (Phi) is 4.67. The zero-order valence-electron chi connectivity index (χ0n) is 11.9. The third-order valence-electron chi connectivity index (χ3n) is 3.78. The maximum absolute atomic E-state index is 12.4. The summed E-state index contributed by atoms with van der Waals surface area (Å²) in [4.78, 5) is 0.294. The Labute approximate surface area is 130 Å². The maximum Gasteiger partial charge on any atom is 0.218 e.